The van der Waals surface area contributed by atoms with Crippen molar-refractivity contribution in [2.45, 2.75) is 58.0 Å². The maximum absolute atomic E-state index is 14.3. The average molecular weight is 384 g/mol. The lowest BCUT2D eigenvalue weighted by Crippen LogP contribution is -2.26. The zero-order chi connectivity index (χ0) is 19.8. The van der Waals surface area contributed by atoms with Gasteiger partial charge in [-0.25, -0.2) is 9.18 Å². The van der Waals surface area contributed by atoms with E-state index in [1.807, 2.05) is 6.92 Å². The van der Waals surface area contributed by atoms with Crippen molar-refractivity contribution in [3.63, 3.8) is 0 Å². The number of carbonyl (C=O) groups excluding carboxylic acids is 2. The van der Waals surface area contributed by atoms with Crippen LogP contribution >= 0.6 is 0 Å². The highest BCUT2D eigenvalue weighted by molar-refractivity contribution is 5.89. The Balaban J connectivity index is 1.93. The number of halogens is 2. The van der Waals surface area contributed by atoms with Gasteiger partial charge >= 0.3 is 11.9 Å². The Bertz CT molecular complexity index is 654. The molecule has 0 aromatic heterocycles. The van der Waals surface area contributed by atoms with Gasteiger partial charge in [0.25, 0.3) is 0 Å². The van der Waals surface area contributed by atoms with Gasteiger partial charge in [-0.2, -0.15) is 4.39 Å². The first-order valence-corrected chi connectivity index (χ1v) is 9.34. The topological polar surface area (TPSA) is 61.8 Å². The first-order chi connectivity index (χ1) is 13.0. The molecular weight excluding hydrogens is 358 g/mol. The Morgan fingerprint density at radius 1 is 1.11 bits per heavy atom. The highest BCUT2D eigenvalue weighted by Crippen LogP contribution is 2.31. The summed E-state index contributed by atoms with van der Waals surface area (Å²) >= 11 is 0. The molecule has 2 rings (SSSR count). The fraction of sp³-hybridized carbons (Fsp3) is 0.600. The Kier molecular flexibility index (Phi) is 8.00. The van der Waals surface area contributed by atoms with E-state index in [0.717, 1.165) is 19.3 Å². The highest BCUT2D eigenvalue weighted by atomic mass is 19.2. The van der Waals surface area contributed by atoms with E-state index in [9.17, 15) is 18.4 Å². The van der Waals surface area contributed by atoms with Crippen molar-refractivity contribution in [3.05, 3.63) is 29.3 Å². The molecular formula is C20H26F2O5. The predicted molar refractivity (Wildman–Crippen MR) is 94.6 cm³/mol. The molecule has 1 aromatic carbocycles. The molecule has 1 aliphatic carbocycles. The van der Waals surface area contributed by atoms with Gasteiger partial charge in [0.15, 0.2) is 11.6 Å². The normalized spacial score (nSPS) is 19.4. The summed E-state index contributed by atoms with van der Waals surface area (Å²) in [5.41, 5.74) is -0.433. The molecule has 1 fully saturated rings. The van der Waals surface area contributed by atoms with Crippen molar-refractivity contribution in [2.75, 3.05) is 13.7 Å². The maximum Gasteiger partial charge on any atom is 0.341 e. The van der Waals surface area contributed by atoms with Crippen molar-refractivity contribution in [2.24, 2.45) is 5.92 Å². The number of methoxy groups -OCH3 is 1. The second-order valence-electron chi connectivity index (χ2n) is 6.77. The number of esters is 2. The van der Waals surface area contributed by atoms with Crippen molar-refractivity contribution < 1.29 is 32.6 Å². The maximum atomic E-state index is 14.3. The second-order valence-corrected chi connectivity index (χ2v) is 6.77. The van der Waals surface area contributed by atoms with E-state index in [4.69, 9.17) is 9.47 Å². The molecule has 0 unspecified atom stereocenters. The van der Waals surface area contributed by atoms with E-state index in [1.54, 1.807) is 0 Å². The minimum atomic E-state index is -1.26. The summed E-state index contributed by atoms with van der Waals surface area (Å²) in [6.07, 6.45) is 4.40. The molecule has 0 radical (unpaired) electrons. The molecule has 0 amide bonds. The summed E-state index contributed by atoms with van der Waals surface area (Å²) in [5.74, 6) is -3.55. The Hall–Kier alpha value is -2.18. The monoisotopic (exact) mass is 384 g/mol. The lowest BCUT2D eigenvalue weighted by atomic mass is 9.85. The van der Waals surface area contributed by atoms with Crippen LogP contribution in [-0.2, 0) is 14.3 Å². The lowest BCUT2D eigenvalue weighted by molar-refractivity contribution is -0.142. The quantitative estimate of drug-likeness (QED) is 0.490. The van der Waals surface area contributed by atoms with E-state index in [1.165, 1.54) is 19.2 Å². The summed E-state index contributed by atoms with van der Waals surface area (Å²) in [6, 6.07) is 2.44. The van der Waals surface area contributed by atoms with Crippen LogP contribution in [0.25, 0.3) is 0 Å². The molecule has 150 valence electrons. The first kappa shape index (κ1) is 21.1. The van der Waals surface area contributed by atoms with Gasteiger partial charge in [0, 0.05) is 6.42 Å². The van der Waals surface area contributed by atoms with Crippen molar-refractivity contribution in [1.82, 2.24) is 0 Å². The molecule has 1 saturated carbocycles. The molecule has 0 aliphatic heterocycles. The van der Waals surface area contributed by atoms with Crippen molar-refractivity contribution in [1.29, 1.82) is 0 Å². The highest BCUT2D eigenvalue weighted by Gasteiger charge is 2.27. The van der Waals surface area contributed by atoms with E-state index in [0.29, 0.717) is 25.7 Å². The fourth-order valence-electron chi connectivity index (χ4n) is 3.12. The second kappa shape index (κ2) is 10.2. The van der Waals surface area contributed by atoms with Crippen LogP contribution < -0.4 is 4.74 Å². The van der Waals surface area contributed by atoms with Crippen LogP contribution in [-0.4, -0.2) is 31.8 Å². The lowest BCUT2D eigenvalue weighted by Gasteiger charge is -2.28. The minimum absolute atomic E-state index is 0.170. The van der Waals surface area contributed by atoms with E-state index in [-0.39, 0.29) is 30.3 Å². The minimum Gasteiger partial charge on any atom is -0.487 e. The summed E-state index contributed by atoms with van der Waals surface area (Å²) < 4.78 is 43.7. The number of hydrogen-bond donors (Lipinski definition) is 0. The van der Waals surface area contributed by atoms with Crippen LogP contribution in [0.2, 0.25) is 0 Å². The largest absolute Gasteiger partial charge is 0.487 e. The molecule has 5 nitrogen and oxygen atoms in total. The van der Waals surface area contributed by atoms with Gasteiger partial charge < -0.3 is 14.2 Å². The van der Waals surface area contributed by atoms with Gasteiger partial charge in [0.1, 0.15) is 0 Å². The van der Waals surface area contributed by atoms with Gasteiger partial charge in [-0.3, -0.25) is 4.79 Å². The standard InChI is InChI=1S/C20H26F2O5/c1-3-4-11-26-20(24)15-9-10-16(19(22)18(15)21)27-14-7-5-13(6-8-14)12-17(23)25-2/h9-10,13-14H,3-8,11-12H2,1-2H3/t13-,14+. The molecule has 0 atom stereocenters. The van der Waals surface area contributed by atoms with Crippen LogP contribution in [0.15, 0.2) is 12.1 Å². The van der Waals surface area contributed by atoms with E-state index in [2.05, 4.69) is 4.74 Å². The van der Waals surface area contributed by atoms with E-state index < -0.39 is 23.2 Å². The molecule has 1 aromatic rings. The zero-order valence-corrected chi connectivity index (χ0v) is 15.8. The summed E-state index contributed by atoms with van der Waals surface area (Å²) in [6.45, 7) is 2.10. The van der Waals surface area contributed by atoms with Crippen molar-refractivity contribution >= 4 is 11.9 Å². The van der Waals surface area contributed by atoms with Gasteiger partial charge in [-0.1, -0.05) is 13.3 Å². The number of carbonyl (C=O) groups is 2. The van der Waals surface area contributed by atoms with Crippen LogP contribution in [0, 0.1) is 17.6 Å². The third-order valence-corrected chi connectivity index (χ3v) is 4.77. The van der Waals surface area contributed by atoms with Crippen LogP contribution in [0.5, 0.6) is 5.75 Å². The average Bonchev–Trinajstić information content (AvgIpc) is 2.67. The van der Waals surface area contributed by atoms with Crippen LogP contribution in [0.3, 0.4) is 0 Å². The van der Waals surface area contributed by atoms with Gasteiger partial charge in [0.05, 0.1) is 25.4 Å². The predicted octanol–water partition coefficient (Wildman–Crippen LogP) is 4.42. The van der Waals surface area contributed by atoms with Gasteiger partial charge in [-0.15, -0.1) is 0 Å². The number of hydrogen-bond acceptors (Lipinski definition) is 5. The molecule has 0 N–H and O–H groups in total. The smallest absolute Gasteiger partial charge is 0.341 e. The Labute approximate surface area is 158 Å². The van der Waals surface area contributed by atoms with Gasteiger partial charge in [-0.05, 0) is 50.2 Å². The molecule has 0 saturated heterocycles. The zero-order valence-electron chi connectivity index (χ0n) is 15.8. The SMILES string of the molecule is CCCCOC(=O)c1ccc(O[C@H]2CC[C@@H](CC(=O)OC)CC2)c(F)c1F. The summed E-state index contributed by atoms with van der Waals surface area (Å²) in [7, 11) is 1.36. The third kappa shape index (κ3) is 5.91. The Morgan fingerprint density at radius 2 is 1.81 bits per heavy atom. The number of benzene rings is 1. The van der Waals surface area contributed by atoms with Gasteiger partial charge in [0.2, 0.25) is 5.82 Å². The van der Waals surface area contributed by atoms with Crippen LogP contribution in [0.4, 0.5) is 8.78 Å². The number of ether oxygens (including phenoxy) is 3. The molecule has 1 aliphatic rings. The Morgan fingerprint density at radius 3 is 2.44 bits per heavy atom. The molecule has 0 heterocycles. The third-order valence-electron chi connectivity index (χ3n) is 4.77. The summed E-state index contributed by atoms with van der Waals surface area (Å²) in [4.78, 5) is 23.2. The number of rotatable bonds is 8. The van der Waals surface area contributed by atoms with Crippen LogP contribution in [0.1, 0.15) is 62.2 Å². The molecule has 0 spiro atoms. The molecule has 7 heteroatoms. The van der Waals surface area contributed by atoms with Crippen molar-refractivity contribution in [3.8, 4) is 5.75 Å². The van der Waals surface area contributed by atoms with E-state index >= 15 is 0 Å². The number of unbranched alkanes of at least 4 members (excludes halogenated alkanes) is 1. The molecule has 0 bridgehead atoms. The summed E-state index contributed by atoms with van der Waals surface area (Å²) in [5, 5.41) is 0. The molecule has 27 heavy (non-hydrogen) atoms. The fourth-order valence-corrected chi connectivity index (χ4v) is 3.12. The first-order valence-electron chi connectivity index (χ1n) is 9.34.